The molecule has 3 nitrogen and oxygen atoms in total. The average molecular weight is 310 g/mol. The molecule has 2 fully saturated rings. The van der Waals surface area contributed by atoms with Gasteiger partial charge in [-0.05, 0) is 49.1 Å². The van der Waals surface area contributed by atoms with Crippen LogP contribution in [-0.4, -0.2) is 11.5 Å². The van der Waals surface area contributed by atoms with E-state index in [9.17, 15) is 4.79 Å². The number of benzene rings is 1. The summed E-state index contributed by atoms with van der Waals surface area (Å²) in [5, 5.41) is 8.24. The summed E-state index contributed by atoms with van der Waals surface area (Å²) >= 11 is 0. The Morgan fingerprint density at radius 2 is 1.65 bits per heavy atom. The third kappa shape index (κ3) is 3.24. The Labute approximate surface area is 138 Å². The van der Waals surface area contributed by atoms with Crippen LogP contribution >= 0.6 is 0 Å². The Balaban J connectivity index is 1.90. The second-order valence-electron chi connectivity index (χ2n) is 7.03. The monoisotopic (exact) mass is 310 g/mol. The Bertz CT molecular complexity index is 629. The lowest BCUT2D eigenvalue weighted by atomic mass is 9.74. The smallest absolute Gasteiger partial charge is 0.167 e. The SMILES string of the molecule is C/C(N)=C1/C(=N)CC(c2ccccc2C2CCCCC2)CC1=O. The molecule has 1 unspecified atom stereocenters. The van der Waals surface area contributed by atoms with Gasteiger partial charge in [0.25, 0.3) is 0 Å². The van der Waals surface area contributed by atoms with E-state index in [4.69, 9.17) is 11.1 Å². The van der Waals surface area contributed by atoms with Crippen LogP contribution in [0.1, 0.15) is 74.8 Å². The number of ketones is 1. The minimum Gasteiger partial charge on any atom is -0.402 e. The summed E-state index contributed by atoms with van der Waals surface area (Å²) in [7, 11) is 0. The van der Waals surface area contributed by atoms with E-state index in [-0.39, 0.29) is 11.7 Å². The average Bonchev–Trinajstić information content (AvgIpc) is 2.54. The van der Waals surface area contributed by atoms with Gasteiger partial charge in [0.15, 0.2) is 5.78 Å². The minimum atomic E-state index is 0.0321. The van der Waals surface area contributed by atoms with E-state index in [1.54, 1.807) is 6.92 Å². The largest absolute Gasteiger partial charge is 0.402 e. The molecule has 0 bridgehead atoms. The number of Topliss-reactive ketones (excluding diaryl/α,β-unsaturated/α-hetero) is 1. The Morgan fingerprint density at radius 1 is 1.04 bits per heavy atom. The summed E-state index contributed by atoms with van der Waals surface area (Å²) in [6, 6.07) is 8.58. The lowest BCUT2D eigenvalue weighted by Crippen LogP contribution is -2.27. The van der Waals surface area contributed by atoms with Crippen molar-refractivity contribution in [3.63, 3.8) is 0 Å². The number of nitrogens with one attached hydrogen (secondary N) is 1. The molecular weight excluding hydrogens is 284 g/mol. The van der Waals surface area contributed by atoms with E-state index < -0.39 is 0 Å². The first-order chi connectivity index (χ1) is 11.1. The molecule has 0 aliphatic heterocycles. The van der Waals surface area contributed by atoms with Gasteiger partial charge in [0, 0.05) is 17.8 Å². The first kappa shape index (κ1) is 16.0. The zero-order chi connectivity index (χ0) is 16.4. The summed E-state index contributed by atoms with van der Waals surface area (Å²) < 4.78 is 0. The predicted molar refractivity (Wildman–Crippen MR) is 93.9 cm³/mol. The Hall–Kier alpha value is -1.90. The van der Waals surface area contributed by atoms with Crippen molar-refractivity contribution in [3.8, 4) is 0 Å². The van der Waals surface area contributed by atoms with E-state index in [0.717, 1.165) is 0 Å². The number of carbonyl (C=O) groups is 1. The molecule has 23 heavy (non-hydrogen) atoms. The molecule has 3 heteroatoms. The normalized spacial score (nSPS) is 25.5. The quantitative estimate of drug-likeness (QED) is 0.793. The minimum absolute atomic E-state index is 0.0321. The van der Waals surface area contributed by atoms with Crippen molar-refractivity contribution in [1.29, 1.82) is 5.41 Å². The van der Waals surface area contributed by atoms with E-state index in [1.807, 2.05) is 0 Å². The second-order valence-corrected chi connectivity index (χ2v) is 7.03. The Kier molecular flexibility index (Phi) is 4.65. The molecule has 1 atom stereocenters. The van der Waals surface area contributed by atoms with Gasteiger partial charge in [-0.1, -0.05) is 43.5 Å². The number of carbonyl (C=O) groups excluding carboxylic acids is 1. The van der Waals surface area contributed by atoms with Crippen molar-refractivity contribution in [2.75, 3.05) is 0 Å². The summed E-state index contributed by atoms with van der Waals surface area (Å²) in [5.74, 6) is 0.790. The summed E-state index contributed by atoms with van der Waals surface area (Å²) in [5.41, 5.74) is 9.84. The van der Waals surface area contributed by atoms with Crippen LogP contribution in [0.4, 0.5) is 0 Å². The molecule has 122 valence electrons. The molecule has 0 aromatic heterocycles. The van der Waals surface area contributed by atoms with Crippen LogP contribution < -0.4 is 5.73 Å². The first-order valence-corrected chi connectivity index (χ1v) is 8.74. The predicted octanol–water partition coefficient (Wildman–Crippen LogP) is 4.43. The lowest BCUT2D eigenvalue weighted by molar-refractivity contribution is -0.115. The van der Waals surface area contributed by atoms with Gasteiger partial charge in [-0.2, -0.15) is 0 Å². The van der Waals surface area contributed by atoms with Gasteiger partial charge in [0.1, 0.15) is 0 Å². The van der Waals surface area contributed by atoms with Gasteiger partial charge in [0.2, 0.25) is 0 Å². The molecule has 0 amide bonds. The molecule has 0 radical (unpaired) electrons. The maximum absolute atomic E-state index is 12.4. The third-order valence-corrected chi connectivity index (χ3v) is 5.34. The highest BCUT2D eigenvalue weighted by molar-refractivity contribution is 6.23. The highest BCUT2D eigenvalue weighted by atomic mass is 16.1. The second kappa shape index (κ2) is 6.69. The fourth-order valence-corrected chi connectivity index (χ4v) is 4.26. The van der Waals surface area contributed by atoms with Crippen LogP contribution in [-0.2, 0) is 4.79 Å². The van der Waals surface area contributed by atoms with Crippen molar-refractivity contribution < 1.29 is 4.79 Å². The van der Waals surface area contributed by atoms with E-state index in [2.05, 4.69) is 24.3 Å². The molecule has 2 saturated carbocycles. The molecule has 1 aromatic rings. The molecule has 2 aliphatic carbocycles. The summed E-state index contributed by atoms with van der Waals surface area (Å²) in [6.45, 7) is 1.72. The maximum Gasteiger partial charge on any atom is 0.167 e. The van der Waals surface area contributed by atoms with Crippen molar-refractivity contribution in [3.05, 3.63) is 46.7 Å². The standard InChI is InChI=1S/C20H26N2O/c1-13(21)20-18(22)11-15(12-19(20)23)17-10-6-5-9-16(17)14-7-3-2-4-8-14/h5-6,9-10,14-15,22H,2-4,7-8,11-12,21H2,1H3/b20-13+,22-18?. The van der Waals surface area contributed by atoms with Crippen molar-refractivity contribution in [2.45, 2.75) is 63.7 Å². The van der Waals surface area contributed by atoms with Gasteiger partial charge < -0.3 is 11.1 Å². The fourth-order valence-electron chi connectivity index (χ4n) is 4.26. The molecule has 2 aliphatic rings. The number of nitrogens with two attached hydrogens (primary N) is 1. The molecule has 0 saturated heterocycles. The number of hydrogen-bond acceptors (Lipinski definition) is 3. The van der Waals surface area contributed by atoms with Gasteiger partial charge in [-0.3, -0.25) is 4.79 Å². The van der Waals surface area contributed by atoms with Gasteiger partial charge >= 0.3 is 0 Å². The van der Waals surface area contributed by atoms with Crippen LogP contribution in [0.2, 0.25) is 0 Å². The molecule has 0 spiro atoms. The van der Waals surface area contributed by atoms with Crippen LogP contribution in [0.15, 0.2) is 35.5 Å². The van der Waals surface area contributed by atoms with E-state index in [1.165, 1.54) is 43.2 Å². The number of hydrogen-bond donors (Lipinski definition) is 2. The van der Waals surface area contributed by atoms with Crippen molar-refractivity contribution in [1.82, 2.24) is 0 Å². The van der Waals surface area contributed by atoms with Crippen LogP contribution in [0.3, 0.4) is 0 Å². The molecule has 1 aromatic carbocycles. The van der Waals surface area contributed by atoms with Crippen LogP contribution in [0.25, 0.3) is 0 Å². The summed E-state index contributed by atoms with van der Waals surface area (Å²) in [6.07, 6.45) is 7.56. The topological polar surface area (TPSA) is 66.9 Å². The van der Waals surface area contributed by atoms with Gasteiger partial charge in [-0.25, -0.2) is 0 Å². The maximum atomic E-state index is 12.4. The van der Waals surface area contributed by atoms with E-state index >= 15 is 0 Å². The van der Waals surface area contributed by atoms with Crippen LogP contribution in [0, 0.1) is 5.41 Å². The molecule has 3 rings (SSSR count). The highest BCUT2D eigenvalue weighted by Crippen LogP contribution is 2.40. The fraction of sp³-hybridized carbons (Fsp3) is 0.500. The number of rotatable bonds is 2. The number of allylic oxidation sites excluding steroid dienone is 2. The molecular formula is C20H26N2O. The van der Waals surface area contributed by atoms with Gasteiger partial charge in [0.05, 0.1) is 5.57 Å². The molecule has 3 N–H and O–H groups in total. The zero-order valence-electron chi connectivity index (χ0n) is 13.9. The van der Waals surface area contributed by atoms with Gasteiger partial charge in [-0.15, -0.1) is 0 Å². The van der Waals surface area contributed by atoms with Crippen LogP contribution in [0.5, 0.6) is 0 Å². The molecule has 0 heterocycles. The Morgan fingerprint density at radius 3 is 2.22 bits per heavy atom. The lowest BCUT2D eigenvalue weighted by Gasteiger charge is -2.30. The summed E-state index contributed by atoms with van der Waals surface area (Å²) in [4.78, 5) is 12.4. The van der Waals surface area contributed by atoms with Crippen molar-refractivity contribution in [2.24, 2.45) is 5.73 Å². The van der Waals surface area contributed by atoms with E-state index in [0.29, 0.717) is 35.7 Å². The van der Waals surface area contributed by atoms with Crippen molar-refractivity contribution >= 4 is 11.5 Å². The third-order valence-electron chi connectivity index (χ3n) is 5.34. The zero-order valence-corrected chi connectivity index (χ0v) is 13.9. The first-order valence-electron chi connectivity index (χ1n) is 8.74. The highest BCUT2D eigenvalue weighted by Gasteiger charge is 2.32.